The second-order valence-electron chi connectivity index (χ2n) is 10.6. The van der Waals surface area contributed by atoms with Gasteiger partial charge in [0.15, 0.2) is 0 Å². The Morgan fingerprint density at radius 1 is 1.05 bits per heavy atom. The summed E-state index contributed by atoms with van der Waals surface area (Å²) in [6.07, 6.45) is 3.36. The van der Waals surface area contributed by atoms with Crippen molar-refractivity contribution < 1.29 is 19.1 Å². The number of aromatic nitrogens is 2. The number of carboxylic acids is 1. The third kappa shape index (κ3) is 5.26. The highest BCUT2D eigenvalue weighted by Crippen LogP contribution is 2.42. The van der Waals surface area contributed by atoms with E-state index in [1.807, 2.05) is 61.2 Å². The Labute approximate surface area is 222 Å². The molecule has 0 unspecified atom stereocenters. The van der Waals surface area contributed by atoms with Gasteiger partial charge in [-0.1, -0.05) is 56.3 Å². The summed E-state index contributed by atoms with van der Waals surface area (Å²) >= 11 is 0. The lowest BCUT2D eigenvalue weighted by molar-refractivity contribution is -0.135. The van der Waals surface area contributed by atoms with Gasteiger partial charge in [-0.3, -0.25) is 4.79 Å². The maximum absolute atomic E-state index is 13.7. The largest absolute Gasteiger partial charge is 0.478 e. The van der Waals surface area contributed by atoms with Crippen LogP contribution in [0.4, 0.5) is 10.3 Å². The molecule has 2 saturated heterocycles. The predicted octanol–water partition coefficient (Wildman–Crippen LogP) is 4.58. The van der Waals surface area contributed by atoms with Gasteiger partial charge in [0.1, 0.15) is 5.82 Å². The number of benzene rings is 2. The molecule has 3 atom stereocenters. The van der Waals surface area contributed by atoms with Crippen LogP contribution in [0.3, 0.4) is 0 Å². The summed E-state index contributed by atoms with van der Waals surface area (Å²) in [4.78, 5) is 38.3. The number of carbonyl (C=O) groups is 2. The van der Waals surface area contributed by atoms with E-state index in [4.69, 9.17) is 4.98 Å². The number of fused-ring (bicyclic) bond motifs is 1. The summed E-state index contributed by atoms with van der Waals surface area (Å²) in [6, 6.07) is 16.6. The molecule has 1 N–H and O–H groups in total. The topological polar surface area (TPSA) is 86.6 Å². The lowest BCUT2D eigenvalue weighted by Gasteiger charge is -2.39. The first kappa shape index (κ1) is 25.8. The summed E-state index contributed by atoms with van der Waals surface area (Å²) < 4.78 is 13.7. The third-order valence-electron chi connectivity index (χ3n) is 7.87. The van der Waals surface area contributed by atoms with Crippen LogP contribution in [0.2, 0.25) is 0 Å². The van der Waals surface area contributed by atoms with E-state index in [0.29, 0.717) is 44.1 Å². The minimum atomic E-state index is -1.03. The van der Waals surface area contributed by atoms with Crippen molar-refractivity contribution in [2.45, 2.75) is 45.1 Å². The molecule has 2 fully saturated rings. The van der Waals surface area contributed by atoms with E-state index in [9.17, 15) is 19.1 Å². The molecule has 3 aromatic rings. The van der Waals surface area contributed by atoms with E-state index in [2.05, 4.69) is 9.88 Å². The first-order valence-electron chi connectivity index (χ1n) is 13.3. The van der Waals surface area contributed by atoms with Gasteiger partial charge in [0.25, 0.3) is 0 Å². The Kier molecular flexibility index (Phi) is 7.40. The second kappa shape index (κ2) is 10.9. The first-order chi connectivity index (χ1) is 18.3. The van der Waals surface area contributed by atoms with E-state index < -0.39 is 5.97 Å². The summed E-state index contributed by atoms with van der Waals surface area (Å²) in [5.74, 6) is -0.549. The van der Waals surface area contributed by atoms with Gasteiger partial charge in [-0.05, 0) is 42.5 Å². The molecule has 1 aromatic heterocycles. The van der Waals surface area contributed by atoms with Crippen LogP contribution < -0.4 is 4.90 Å². The lowest BCUT2D eigenvalue weighted by Crippen LogP contribution is -2.49. The summed E-state index contributed by atoms with van der Waals surface area (Å²) in [5, 5.41) is 9.74. The molecule has 5 rings (SSSR count). The number of hydrogen-bond donors (Lipinski definition) is 1. The molecule has 2 aromatic carbocycles. The number of nitrogens with zero attached hydrogens (tertiary/aromatic N) is 4. The molecule has 0 saturated carbocycles. The SMILES string of the molecule is CC(C)C(=O)N1C[C@H](c2ccc(F)cc2)[C@H]2CN(c3ncc(C(=O)O)c(CCc4ccccc4)n3)CC[C@H]21. The van der Waals surface area contributed by atoms with Gasteiger partial charge in [0.05, 0.1) is 11.3 Å². The average Bonchev–Trinajstić information content (AvgIpc) is 3.31. The number of aryl methyl sites for hydroxylation is 2. The molecular weight excluding hydrogens is 483 g/mol. The van der Waals surface area contributed by atoms with Gasteiger partial charge in [-0.2, -0.15) is 0 Å². The van der Waals surface area contributed by atoms with Crippen LogP contribution in [-0.4, -0.2) is 57.5 Å². The molecule has 0 aliphatic carbocycles. The quantitative estimate of drug-likeness (QED) is 0.495. The monoisotopic (exact) mass is 516 g/mol. The van der Waals surface area contributed by atoms with Crippen molar-refractivity contribution in [2.75, 3.05) is 24.5 Å². The van der Waals surface area contributed by atoms with Crippen LogP contribution >= 0.6 is 0 Å². The third-order valence-corrected chi connectivity index (χ3v) is 7.87. The molecule has 0 spiro atoms. The number of hydrogen-bond acceptors (Lipinski definition) is 5. The van der Waals surface area contributed by atoms with Crippen LogP contribution in [0.5, 0.6) is 0 Å². The molecule has 7 nitrogen and oxygen atoms in total. The van der Waals surface area contributed by atoms with Crippen molar-refractivity contribution in [1.29, 1.82) is 0 Å². The van der Waals surface area contributed by atoms with Crippen LogP contribution in [0.15, 0.2) is 60.8 Å². The van der Waals surface area contributed by atoms with E-state index in [1.165, 1.54) is 18.3 Å². The minimum absolute atomic E-state index is 0.0712. The maximum Gasteiger partial charge on any atom is 0.339 e. The number of aromatic carboxylic acids is 1. The predicted molar refractivity (Wildman–Crippen MR) is 143 cm³/mol. The molecule has 8 heteroatoms. The normalized spacial score (nSPS) is 21.0. The number of amides is 1. The molecule has 1 amide bonds. The fraction of sp³-hybridized carbons (Fsp3) is 0.400. The van der Waals surface area contributed by atoms with Gasteiger partial charge in [0.2, 0.25) is 11.9 Å². The summed E-state index contributed by atoms with van der Waals surface area (Å²) in [7, 11) is 0. The zero-order valence-corrected chi connectivity index (χ0v) is 21.8. The fourth-order valence-corrected chi connectivity index (χ4v) is 5.90. The van der Waals surface area contributed by atoms with Crippen molar-refractivity contribution >= 4 is 17.8 Å². The molecule has 3 heterocycles. The number of carboxylic acid groups (broad SMARTS) is 1. The molecule has 198 valence electrons. The van der Waals surface area contributed by atoms with Gasteiger partial charge < -0.3 is 14.9 Å². The summed E-state index contributed by atoms with van der Waals surface area (Å²) in [6.45, 7) is 5.76. The number of rotatable bonds is 7. The van der Waals surface area contributed by atoms with E-state index in [1.54, 1.807) is 0 Å². The smallest absolute Gasteiger partial charge is 0.339 e. The number of anilines is 1. The molecular formula is C30H33FN4O3. The van der Waals surface area contributed by atoms with Crippen LogP contribution in [-0.2, 0) is 17.6 Å². The van der Waals surface area contributed by atoms with Crippen molar-refractivity contribution in [3.05, 3.63) is 89.0 Å². The Bertz CT molecular complexity index is 1300. The molecule has 0 radical (unpaired) electrons. The molecule has 2 aliphatic rings. The van der Waals surface area contributed by atoms with Crippen molar-refractivity contribution in [1.82, 2.24) is 14.9 Å². The Balaban J connectivity index is 1.41. The first-order valence-corrected chi connectivity index (χ1v) is 13.3. The molecule has 38 heavy (non-hydrogen) atoms. The Hall–Kier alpha value is -3.81. The standard InChI is InChI=1S/C30H33FN4O3/c1-19(2)28(36)35-18-24(21-9-11-22(31)12-10-21)25-17-34(15-14-27(25)35)30-32-16-23(29(37)38)26(33-30)13-8-20-6-4-3-5-7-20/h3-7,9-12,16,19,24-25,27H,8,13-15,17-18H2,1-2H3,(H,37,38)/t24-,25-,27-/m1/s1. The van der Waals surface area contributed by atoms with Gasteiger partial charge in [-0.25, -0.2) is 19.2 Å². The fourth-order valence-electron chi connectivity index (χ4n) is 5.90. The lowest BCUT2D eigenvalue weighted by atomic mass is 9.82. The van der Waals surface area contributed by atoms with Crippen molar-refractivity contribution in [3.63, 3.8) is 0 Å². The van der Waals surface area contributed by atoms with Gasteiger partial charge >= 0.3 is 5.97 Å². The van der Waals surface area contributed by atoms with E-state index >= 15 is 0 Å². The van der Waals surface area contributed by atoms with Crippen LogP contribution in [0.25, 0.3) is 0 Å². The van der Waals surface area contributed by atoms with Crippen molar-refractivity contribution in [3.8, 4) is 0 Å². The highest BCUT2D eigenvalue weighted by atomic mass is 19.1. The highest BCUT2D eigenvalue weighted by molar-refractivity contribution is 5.88. The number of halogens is 1. The molecule has 2 aliphatic heterocycles. The highest BCUT2D eigenvalue weighted by Gasteiger charge is 2.47. The number of likely N-dealkylation sites (tertiary alicyclic amines) is 1. The zero-order chi connectivity index (χ0) is 26.8. The van der Waals surface area contributed by atoms with Crippen LogP contribution in [0, 0.1) is 17.7 Å². The minimum Gasteiger partial charge on any atom is -0.478 e. The van der Waals surface area contributed by atoms with Crippen LogP contribution in [0.1, 0.15) is 53.4 Å². The average molecular weight is 517 g/mol. The van der Waals surface area contributed by atoms with Gasteiger partial charge in [-0.15, -0.1) is 0 Å². The molecule has 0 bridgehead atoms. The number of piperidine rings is 1. The second-order valence-corrected chi connectivity index (χ2v) is 10.6. The van der Waals surface area contributed by atoms with E-state index in [-0.39, 0.29) is 41.1 Å². The number of carbonyl (C=O) groups excluding carboxylic acids is 1. The van der Waals surface area contributed by atoms with E-state index in [0.717, 1.165) is 17.5 Å². The maximum atomic E-state index is 13.7. The van der Waals surface area contributed by atoms with Gasteiger partial charge in [0, 0.05) is 49.6 Å². The zero-order valence-electron chi connectivity index (χ0n) is 21.8. The Morgan fingerprint density at radius 2 is 1.79 bits per heavy atom. The Morgan fingerprint density at radius 3 is 2.47 bits per heavy atom. The summed E-state index contributed by atoms with van der Waals surface area (Å²) in [5.41, 5.74) is 2.78. The van der Waals surface area contributed by atoms with Crippen molar-refractivity contribution in [2.24, 2.45) is 11.8 Å².